The summed E-state index contributed by atoms with van der Waals surface area (Å²) in [6.45, 7) is 0.697. The number of likely N-dealkylation sites (N-methyl/N-ethyl adjacent to an activating group) is 1. The first kappa shape index (κ1) is 6.89. The Morgan fingerprint density at radius 1 is 1.90 bits per heavy atom. The van der Waals surface area contributed by atoms with Gasteiger partial charge in [-0.05, 0) is 12.0 Å². The number of hydrogen-bond donors (Lipinski definition) is 0. The Hall–Kier alpha value is -1.22. The van der Waals surface area contributed by atoms with Crippen molar-refractivity contribution in [2.24, 2.45) is 5.11 Å². The summed E-state index contributed by atoms with van der Waals surface area (Å²) < 4.78 is 0. The number of likely N-dealkylation sites (tertiary alicyclic amines) is 1. The SMILES string of the molecule is CN1CC[C@@H](N=[N+]=[N-])C1=O. The molecule has 0 spiro atoms. The van der Waals surface area contributed by atoms with Crippen molar-refractivity contribution in [3.8, 4) is 0 Å². The Kier molecular flexibility index (Phi) is 1.78. The number of amides is 1. The van der Waals surface area contributed by atoms with Gasteiger partial charge < -0.3 is 4.90 Å². The van der Waals surface area contributed by atoms with E-state index in [1.165, 1.54) is 0 Å². The topological polar surface area (TPSA) is 69.1 Å². The highest BCUT2D eigenvalue weighted by molar-refractivity contribution is 5.83. The summed E-state index contributed by atoms with van der Waals surface area (Å²) in [4.78, 5) is 15.1. The average molecular weight is 140 g/mol. The fourth-order valence-electron chi connectivity index (χ4n) is 0.973. The second-order valence-electron chi connectivity index (χ2n) is 2.27. The van der Waals surface area contributed by atoms with Crippen LogP contribution in [0.5, 0.6) is 0 Å². The molecule has 54 valence electrons. The molecule has 0 bridgehead atoms. The van der Waals surface area contributed by atoms with E-state index >= 15 is 0 Å². The molecule has 0 radical (unpaired) electrons. The highest BCUT2D eigenvalue weighted by Crippen LogP contribution is 2.11. The third-order valence-corrected chi connectivity index (χ3v) is 1.59. The van der Waals surface area contributed by atoms with Crippen molar-refractivity contribution in [1.29, 1.82) is 0 Å². The van der Waals surface area contributed by atoms with Crippen molar-refractivity contribution >= 4 is 5.91 Å². The van der Waals surface area contributed by atoms with E-state index in [1.54, 1.807) is 11.9 Å². The van der Waals surface area contributed by atoms with Gasteiger partial charge in [-0.25, -0.2) is 0 Å². The molecule has 1 saturated heterocycles. The van der Waals surface area contributed by atoms with Crippen LogP contribution < -0.4 is 0 Å². The van der Waals surface area contributed by atoms with Gasteiger partial charge >= 0.3 is 0 Å². The Bertz CT molecular complexity index is 196. The lowest BCUT2D eigenvalue weighted by Gasteiger charge is -2.05. The van der Waals surface area contributed by atoms with Crippen LogP contribution in [0.3, 0.4) is 0 Å². The van der Waals surface area contributed by atoms with Gasteiger partial charge in [0.1, 0.15) is 6.04 Å². The monoisotopic (exact) mass is 140 g/mol. The lowest BCUT2D eigenvalue weighted by atomic mass is 10.3. The predicted molar refractivity (Wildman–Crippen MR) is 35.2 cm³/mol. The molecule has 5 nitrogen and oxygen atoms in total. The molecule has 1 heterocycles. The zero-order valence-electron chi connectivity index (χ0n) is 5.69. The van der Waals surface area contributed by atoms with Crippen LogP contribution >= 0.6 is 0 Å². The molecule has 0 aromatic heterocycles. The maximum absolute atomic E-state index is 11.0. The van der Waals surface area contributed by atoms with E-state index in [0.717, 1.165) is 0 Å². The van der Waals surface area contributed by atoms with Crippen LogP contribution in [0.4, 0.5) is 0 Å². The molecular formula is C5H8N4O. The number of carbonyl (C=O) groups excluding carboxylic acids is 1. The van der Waals surface area contributed by atoms with Gasteiger partial charge in [-0.3, -0.25) is 4.79 Å². The Morgan fingerprint density at radius 2 is 2.60 bits per heavy atom. The van der Waals surface area contributed by atoms with Crippen molar-refractivity contribution in [3.63, 3.8) is 0 Å². The number of hydrogen-bond acceptors (Lipinski definition) is 2. The third kappa shape index (κ3) is 1.04. The van der Waals surface area contributed by atoms with E-state index in [9.17, 15) is 4.79 Å². The first-order valence-corrected chi connectivity index (χ1v) is 3.05. The molecule has 0 aromatic carbocycles. The minimum absolute atomic E-state index is 0.0715. The molecule has 10 heavy (non-hydrogen) atoms. The first-order valence-electron chi connectivity index (χ1n) is 3.05. The first-order chi connectivity index (χ1) is 4.75. The minimum Gasteiger partial charge on any atom is -0.345 e. The molecule has 0 saturated carbocycles. The lowest BCUT2D eigenvalue weighted by Crippen LogP contribution is -2.23. The standard InChI is InChI=1S/C5H8N4O/c1-9-3-2-4(5(9)10)7-8-6/h4H,2-3H2,1H3/t4-/m1/s1. The molecule has 1 rings (SSSR count). The number of azide groups is 1. The van der Waals surface area contributed by atoms with E-state index in [0.29, 0.717) is 13.0 Å². The van der Waals surface area contributed by atoms with Crippen molar-refractivity contribution in [2.75, 3.05) is 13.6 Å². The molecule has 1 amide bonds. The van der Waals surface area contributed by atoms with Crippen LogP contribution in [0.25, 0.3) is 10.4 Å². The molecule has 0 unspecified atom stereocenters. The second-order valence-corrected chi connectivity index (χ2v) is 2.27. The highest BCUT2D eigenvalue weighted by Gasteiger charge is 2.27. The molecule has 0 aliphatic carbocycles. The van der Waals surface area contributed by atoms with E-state index in [-0.39, 0.29) is 5.91 Å². The van der Waals surface area contributed by atoms with E-state index in [1.807, 2.05) is 0 Å². The minimum atomic E-state index is -0.449. The summed E-state index contributed by atoms with van der Waals surface area (Å²) >= 11 is 0. The average Bonchev–Trinajstić information content (AvgIpc) is 2.20. The summed E-state index contributed by atoms with van der Waals surface area (Å²) in [7, 11) is 1.70. The van der Waals surface area contributed by atoms with Crippen LogP contribution in [0.15, 0.2) is 5.11 Å². The highest BCUT2D eigenvalue weighted by atomic mass is 16.2. The second kappa shape index (κ2) is 2.58. The smallest absolute Gasteiger partial charge is 0.231 e. The summed E-state index contributed by atoms with van der Waals surface area (Å²) in [5.74, 6) is -0.0715. The molecule has 0 aromatic rings. The van der Waals surface area contributed by atoms with Gasteiger partial charge in [-0.15, -0.1) is 0 Å². The van der Waals surface area contributed by atoms with Crippen molar-refractivity contribution in [1.82, 2.24) is 4.90 Å². The maximum atomic E-state index is 11.0. The molecular weight excluding hydrogens is 132 g/mol. The lowest BCUT2D eigenvalue weighted by molar-refractivity contribution is -0.127. The fourth-order valence-corrected chi connectivity index (χ4v) is 0.973. The van der Waals surface area contributed by atoms with Crippen molar-refractivity contribution in [3.05, 3.63) is 10.4 Å². The van der Waals surface area contributed by atoms with E-state index < -0.39 is 6.04 Å². The summed E-state index contributed by atoms with van der Waals surface area (Å²) in [5, 5.41) is 3.34. The van der Waals surface area contributed by atoms with Crippen molar-refractivity contribution in [2.45, 2.75) is 12.5 Å². The normalized spacial score (nSPS) is 24.7. The number of carbonyl (C=O) groups is 1. The van der Waals surface area contributed by atoms with Crippen LogP contribution in [0.2, 0.25) is 0 Å². The number of rotatable bonds is 1. The zero-order valence-corrected chi connectivity index (χ0v) is 5.69. The molecule has 1 fully saturated rings. The summed E-state index contributed by atoms with van der Waals surface area (Å²) in [6, 6.07) is -0.449. The predicted octanol–water partition coefficient (Wildman–Crippen LogP) is 0.527. The van der Waals surface area contributed by atoms with Gasteiger partial charge in [0.25, 0.3) is 0 Å². The van der Waals surface area contributed by atoms with Gasteiger partial charge in [0, 0.05) is 18.5 Å². The molecule has 5 heteroatoms. The third-order valence-electron chi connectivity index (χ3n) is 1.59. The van der Waals surface area contributed by atoms with Gasteiger partial charge in [-0.2, -0.15) is 0 Å². The summed E-state index contributed by atoms with van der Waals surface area (Å²) in [6.07, 6.45) is 0.652. The quantitative estimate of drug-likeness (QED) is 0.297. The van der Waals surface area contributed by atoms with E-state index in [4.69, 9.17) is 5.53 Å². The van der Waals surface area contributed by atoms with E-state index in [2.05, 4.69) is 10.0 Å². The Labute approximate surface area is 58.2 Å². The molecule has 1 aliphatic rings. The zero-order chi connectivity index (χ0) is 7.56. The van der Waals surface area contributed by atoms with Gasteiger partial charge in [-0.1, -0.05) is 5.11 Å². The van der Waals surface area contributed by atoms with Gasteiger partial charge in [0.05, 0.1) is 0 Å². The van der Waals surface area contributed by atoms with Crippen LogP contribution in [-0.4, -0.2) is 30.4 Å². The molecule has 1 aliphatic heterocycles. The Morgan fingerprint density at radius 3 is 3.00 bits per heavy atom. The van der Waals surface area contributed by atoms with Crippen LogP contribution in [-0.2, 0) is 4.79 Å². The van der Waals surface area contributed by atoms with Crippen molar-refractivity contribution < 1.29 is 4.79 Å². The maximum Gasteiger partial charge on any atom is 0.231 e. The van der Waals surface area contributed by atoms with Gasteiger partial charge in [0.2, 0.25) is 5.91 Å². The van der Waals surface area contributed by atoms with Crippen LogP contribution in [0.1, 0.15) is 6.42 Å². The summed E-state index contributed by atoms with van der Waals surface area (Å²) in [5.41, 5.74) is 8.02. The molecule has 1 atom stereocenters. The molecule has 0 N–H and O–H groups in total. The number of nitrogens with zero attached hydrogens (tertiary/aromatic N) is 4. The largest absolute Gasteiger partial charge is 0.345 e. The Balaban J connectivity index is 2.66. The fraction of sp³-hybridized carbons (Fsp3) is 0.800. The van der Waals surface area contributed by atoms with Gasteiger partial charge in [0.15, 0.2) is 0 Å². The van der Waals surface area contributed by atoms with Crippen LogP contribution in [0, 0.1) is 0 Å².